The third-order valence-electron chi connectivity index (χ3n) is 4.31. The lowest BCUT2D eigenvalue weighted by molar-refractivity contribution is -0.389. The molecule has 1 aromatic heterocycles. The molecule has 1 N–H and O–H groups in total. The molecule has 0 aliphatic carbocycles. The Bertz CT molecular complexity index is 1010. The van der Waals surface area contributed by atoms with Crippen molar-refractivity contribution in [2.24, 2.45) is 0 Å². The molecule has 0 saturated carbocycles. The van der Waals surface area contributed by atoms with Crippen molar-refractivity contribution in [3.63, 3.8) is 0 Å². The molecule has 156 valence electrons. The highest BCUT2D eigenvalue weighted by Gasteiger charge is 2.34. The summed E-state index contributed by atoms with van der Waals surface area (Å²) in [4.78, 5) is 51.6. The summed E-state index contributed by atoms with van der Waals surface area (Å²) in [6, 6.07) is 7.60. The second-order valence-corrected chi connectivity index (χ2v) is 7.56. The van der Waals surface area contributed by atoms with E-state index < -0.39 is 4.92 Å². The van der Waals surface area contributed by atoms with Crippen LogP contribution in [0.25, 0.3) is 6.08 Å². The fourth-order valence-electron chi connectivity index (χ4n) is 2.70. The van der Waals surface area contributed by atoms with E-state index in [0.29, 0.717) is 4.91 Å². The van der Waals surface area contributed by atoms with Gasteiger partial charge in [0.2, 0.25) is 12.2 Å². The first-order chi connectivity index (χ1) is 14.3. The smallest absolute Gasteiger partial charge is 0.358 e. The number of thioether (sulfide) groups is 1. The fourth-order valence-corrected chi connectivity index (χ4v) is 3.56. The molecule has 0 bridgehead atoms. The number of benzene rings is 1. The van der Waals surface area contributed by atoms with Gasteiger partial charge in [-0.2, -0.15) is 0 Å². The number of aromatic nitrogens is 2. The molecule has 1 aliphatic rings. The van der Waals surface area contributed by atoms with Gasteiger partial charge in [-0.25, -0.2) is 0 Å². The maximum atomic E-state index is 12.5. The fraction of sp³-hybridized carbons (Fsp3) is 0.263. The van der Waals surface area contributed by atoms with Gasteiger partial charge in [-0.15, -0.1) is 0 Å². The molecule has 30 heavy (non-hydrogen) atoms. The molecular formula is C19H19N5O5S. The van der Waals surface area contributed by atoms with E-state index in [1.54, 1.807) is 6.08 Å². The molecule has 2 heterocycles. The molecule has 1 aromatic carbocycles. The minimum absolute atomic E-state index is 0.0677. The Morgan fingerprint density at radius 2 is 2.00 bits per heavy atom. The summed E-state index contributed by atoms with van der Waals surface area (Å²) >= 11 is 0.872. The van der Waals surface area contributed by atoms with Crippen molar-refractivity contribution >= 4 is 40.7 Å². The zero-order valence-electron chi connectivity index (χ0n) is 16.1. The van der Waals surface area contributed by atoms with Gasteiger partial charge in [0.15, 0.2) is 0 Å². The molecule has 3 rings (SSSR count). The number of hydrogen-bond acceptors (Lipinski definition) is 7. The highest BCUT2D eigenvalue weighted by atomic mass is 32.2. The molecule has 1 saturated heterocycles. The predicted octanol–water partition coefficient (Wildman–Crippen LogP) is 2.34. The first kappa shape index (κ1) is 21.2. The van der Waals surface area contributed by atoms with Crippen LogP contribution in [-0.4, -0.2) is 49.5 Å². The predicted molar refractivity (Wildman–Crippen MR) is 110 cm³/mol. The number of nitrogens with one attached hydrogen (secondary N) is 1. The summed E-state index contributed by atoms with van der Waals surface area (Å²) in [5.74, 6) is -0.965. The van der Waals surface area contributed by atoms with E-state index in [4.69, 9.17) is 0 Å². The number of carbonyl (C=O) groups excluding carboxylic acids is 3. The van der Waals surface area contributed by atoms with Crippen LogP contribution in [0.5, 0.6) is 0 Å². The van der Waals surface area contributed by atoms with E-state index in [-0.39, 0.29) is 48.9 Å². The summed E-state index contributed by atoms with van der Waals surface area (Å²) < 4.78 is 1.45. The molecule has 0 atom stereocenters. The van der Waals surface area contributed by atoms with Crippen molar-refractivity contribution in [3.05, 3.63) is 62.9 Å². The average molecular weight is 429 g/mol. The van der Waals surface area contributed by atoms with Crippen LogP contribution in [-0.2, 0) is 16.1 Å². The van der Waals surface area contributed by atoms with Crippen LogP contribution < -0.4 is 5.32 Å². The third-order valence-corrected chi connectivity index (χ3v) is 5.22. The van der Waals surface area contributed by atoms with Crippen LogP contribution in [0.15, 0.2) is 41.7 Å². The monoisotopic (exact) mass is 429 g/mol. The van der Waals surface area contributed by atoms with Gasteiger partial charge in [0.25, 0.3) is 11.1 Å². The van der Waals surface area contributed by atoms with Crippen LogP contribution in [0.1, 0.15) is 17.5 Å². The van der Waals surface area contributed by atoms with E-state index in [9.17, 15) is 24.5 Å². The maximum absolute atomic E-state index is 12.5. The summed E-state index contributed by atoms with van der Waals surface area (Å²) in [5, 5.41) is 12.9. The van der Waals surface area contributed by atoms with Crippen LogP contribution in [0.4, 0.5) is 10.6 Å². The number of aryl methyl sites for hydroxylation is 2. The van der Waals surface area contributed by atoms with Gasteiger partial charge < -0.3 is 20.0 Å². The van der Waals surface area contributed by atoms with E-state index in [1.807, 2.05) is 31.2 Å². The Hall–Kier alpha value is -3.47. The first-order valence-electron chi connectivity index (χ1n) is 9.08. The zero-order chi connectivity index (χ0) is 21.7. The van der Waals surface area contributed by atoms with Gasteiger partial charge in [-0.05, 0) is 40.2 Å². The standard InChI is InChI=1S/C19H19N5O5S/c1-13-2-4-14(5-3-13)10-15-18(26)23(19(27)30-15)9-7-20-17(25)6-8-22-11-16(21-12-22)24(28)29/h2-5,10-12H,6-9H2,1H3,(H,20,25). The highest BCUT2D eigenvalue weighted by molar-refractivity contribution is 8.18. The van der Waals surface area contributed by atoms with Gasteiger partial charge in [0.05, 0.1) is 4.91 Å². The van der Waals surface area contributed by atoms with Crippen LogP contribution in [0.3, 0.4) is 0 Å². The molecule has 0 radical (unpaired) electrons. The number of imidazole rings is 1. The Morgan fingerprint density at radius 3 is 2.67 bits per heavy atom. The molecule has 0 unspecified atom stereocenters. The summed E-state index contributed by atoms with van der Waals surface area (Å²) in [7, 11) is 0. The van der Waals surface area contributed by atoms with E-state index in [0.717, 1.165) is 27.8 Å². The second-order valence-electron chi connectivity index (χ2n) is 6.57. The normalized spacial score (nSPS) is 15.1. The Kier molecular flexibility index (Phi) is 6.62. The Labute approximate surface area is 176 Å². The lowest BCUT2D eigenvalue weighted by Gasteiger charge is -2.13. The molecule has 1 aliphatic heterocycles. The Morgan fingerprint density at radius 1 is 1.27 bits per heavy atom. The van der Waals surface area contributed by atoms with E-state index in [1.165, 1.54) is 17.1 Å². The quantitative estimate of drug-likeness (QED) is 0.387. The molecule has 3 amide bonds. The SMILES string of the molecule is Cc1ccc(C=C2SC(=O)N(CCNC(=O)CCn3cnc([N+](=O)[O-])c3)C2=O)cc1. The van der Waals surface area contributed by atoms with Crippen LogP contribution in [0, 0.1) is 17.0 Å². The number of carbonyl (C=O) groups is 3. The van der Waals surface area contributed by atoms with Gasteiger partial charge in [0.1, 0.15) is 6.20 Å². The average Bonchev–Trinajstić information content (AvgIpc) is 3.28. The number of nitro groups is 1. The highest BCUT2D eigenvalue weighted by Crippen LogP contribution is 2.31. The summed E-state index contributed by atoms with van der Waals surface area (Å²) in [5.41, 5.74) is 1.93. The molecule has 0 spiro atoms. The van der Waals surface area contributed by atoms with Crippen LogP contribution in [0.2, 0.25) is 0 Å². The van der Waals surface area contributed by atoms with Gasteiger partial charge >= 0.3 is 5.82 Å². The molecular weight excluding hydrogens is 410 g/mol. The van der Waals surface area contributed by atoms with Crippen molar-refractivity contribution in [2.45, 2.75) is 19.9 Å². The topological polar surface area (TPSA) is 127 Å². The second kappa shape index (κ2) is 9.35. The summed E-state index contributed by atoms with van der Waals surface area (Å²) in [6.45, 7) is 2.38. The summed E-state index contributed by atoms with van der Waals surface area (Å²) in [6.07, 6.45) is 4.29. The van der Waals surface area contributed by atoms with Crippen molar-refractivity contribution in [1.82, 2.24) is 19.8 Å². The molecule has 11 heteroatoms. The van der Waals surface area contributed by atoms with Gasteiger partial charge in [-0.3, -0.25) is 19.3 Å². The van der Waals surface area contributed by atoms with Gasteiger partial charge in [0, 0.05) is 26.1 Å². The third kappa shape index (κ3) is 5.32. The molecule has 10 nitrogen and oxygen atoms in total. The lowest BCUT2D eigenvalue weighted by Crippen LogP contribution is -2.37. The molecule has 1 fully saturated rings. The minimum atomic E-state index is -0.611. The maximum Gasteiger partial charge on any atom is 0.381 e. The molecule has 2 aromatic rings. The number of hydrogen-bond donors (Lipinski definition) is 1. The minimum Gasteiger partial charge on any atom is -0.358 e. The van der Waals surface area contributed by atoms with E-state index in [2.05, 4.69) is 10.3 Å². The number of rotatable bonds is 8. The lowest BCUT2D eigenvalue weighted by atomic mass is 10.1. The first-order valence-corrected chi connectivity index (χ1v) is 9.90. The zero-order valence-corrected chi connectivity index (χ0v) is 16.9. The van der Waals surface area contributed by atoms with Crippen LogP contribution >= 0.6 is 11.8 Å². The van der Waals surface area contributed by atoms with Gasteiger partial charge in [-0.1, -0.05) is 29.8 Å². The number of nitrogens with zero attached hydrogens (tertiary/aromatic N) is 4. The Balaban J connectivity index is 1.46. The van der Waals surface area contributed by atoms with E-state index >= 15 is 0 Å². The van der Waals surface area contributed by atoms with Crippen molar-refractivity contribution in [3.8, 4) is 0 Å². The van der Waals surface area contributed by atoms with Crippen molar-refractivity contribution in [2.75, 3.05) is 13.1 Å². The number of amides is 3. The largest absolute Gasteiger partial charge is 0.381 e. The van der Waals surface area contributed by atoms with Crippen molar-refractivity contribution < 1.29 is 19.3 Å². The number of imide groups is 1. The van der Waals surface area contributed by atoms with Crippen molar-refractivity contribution in [1.29, 1.82) is 0 Å².